The van der Waals surface area contributed by atoms with Crippen LogP contribution >= 0.6 is 0 Å². The topological polar surface area (TPSA) is 39.2 Å². The van der Waals surface area contributed by atoms with Gasteiger partial charge in [-0.1, -0.05) is 0 Å². The molecular formula is C14H29N3O2. The van der Waals surface area contributed by atoms with E-state index in [1.165, 1.54) is 39.3 Å². The van der Waals surface area contributed by atoms with Gasteiger partial charge in [0.2, 0.25) is 0 Å². The molecule has 0 amide bonds. The van der Waals surface area contributed by atoms with E-state index in [-0.39, 0.29) is 6.61 Å². The first-order chi connectivity index (χ1) is 9.28. The third-order valence-electron chi connectivity index (χ3n) is 4.31. The van der Waals surface area contributed by atoms with Crippen LogP contribution in [0.1, 0.15) is 12.8 Å². The fraction of sp³-hybridized carbons (Fsp3) is 1.00. The summed E-state index contributed by atoms with van der Waals surface area (Å²) in [5.41, 5.74) is 0. The van der Waals surface area contributed by atoms with E-state index in [0.717, 1.165) is 25.9 Å². The van der Waals surface area contributed by atoms with Gasteiger partial charge in [-0.25, -0.2) is 0 Å². The zero-order chi connectivity index (χ0) is 13.5. The lowest BCUT2D eigenvalue weighted by Crippen LogP contribution is -2.48. The van der Waals surface area contributed by atoms with E-state index in [4.69, 9.17) is 9.84 Å². The summed E-state index contributed by atoms with van der Waals surface area (Å²) in [6.07, 6.45) is 2.60. The highest BCUT2D eigenvalue weighted by atomic mass is 16.5. The average Bonchev–Trinajstić information content (AvgIpc) is 2.46. The van der Waals surface area contributed by atoms with Crippen molar-refractivity contribution in [1.82, 2.24) is 14.7 Å². The van der Waals surface area contributed by atoms with Crippen molar-refractivity contribution in [3.05, 3.63) is 0 Å². The molecule has 1 N–H and O–H groups in total. The zero-order valence-electron chi connectivity index (χ0n) is 12.3. The Bertz CT molecular complexity index is 237. The Morgan fingerprint density at radius 3 is 2.11 bits per heavy atom. The first-order valence-corrected chi connectivity index (χ1v) is 7.63. The maximum atomic E-state index is 8.75. The third-order valence-corrected chi connectivity index (χ3v) is 4.31. The Morgan fingerprint density at radius 1 is 0.947 bits per heavy atom. The molecule has 2 heterocycles. The van der Waals surface area contributed by atoms with Crippen LogP contribution in [0.3, 0.4) is 0 Å². The average molecular weight is 271 g/mol. The van der Waals surface area contributed by atoms with E-state index >= 15 is 0 Å². The second-order valence-electron chi connectivity index (χ2n) is 5.78. The molecule has 19 heavy (non-hydrogen) atoms. The Labute approximate surface area is 117 Å². The molecule has 0 aromatic carbocycles. The van der Waals surface area contributed by atoms with Crippen molar-refractivity contribution in [2.75, 3.05) is 72.6 Å². The molecule has 0 aromatic heterocycles. The minimum atomic E-state index is 0.142. The standard InChI is InChI=1S/C14H29N3O2/c1-15-6-8-17(9-7-15)11-10-16-4-2-14(3-5-16)19-13-12-18/h14,18H,2-13H2,1H3. The molecule has 2 rings (SSSR count). The molecule has 0 saturated carbocycles. The highest BCUT2D eigenvalue weighted by molar-refractivity contribution is 4.75. The number of hydrogen-bond donors (Lipinski definition) is 1. The quantitative estimate of drug-likeness (QED) is 0.719. The number of piperidine rings is 1. The van der Waals surface area contributed by atoms with Gasteiger partial charge >= 0.3 is 0 Å². The van der Waals surface area contributed by atoms with Gasteiger partial charge in [0.05, 0.1) is 19.3 Å². The number of ether oxygens (including phenoxy) is 1. The number of aliphatic hydroxyl groups is 1. The van der Waals surface area contributed by atoms with Crippen LogP contribution in [0, 0.1) is 0 Å². The molecule has 0 unspecified atom stereocenters. The molecule has 0 aliphatic carbocycles. The summed E-state index contributed by atoms with van der Waals surface area (Å²) >= 11 is 0. The van der Waals surface area contributed by atoms with Crippen LogP contribution in [0.4, 0.5) is 0 Å². The minimum absolute atomic E-state index is 0.142. The van der Waals surface area contributed by atoms with E-state index in [1.807, 2.05) is 0 Å². The van der Waals surface area contributed by atoms with Gasteiger partial charge in [0, 0.05) is 52.4 Å². The van der Waals surface area contributed by atoms with Crippen LogP contribution < -0.4 is 0 Å². The van der Waals surface area contributed by atoms with Crippen LogP contribution in [0.5, 0.6) is 0 Å². The molecule has 2 saturated heterocycles. The fourth-order valence-electron chi connectivity index (χ4n) is 2.87. The van der Waals surface area contributed by atoms with Crippen molar-refractivity contribution >= 4 is 0 Å². The fourth-order valence-corrected chi connectivity index (χ4v) is 2.87. The van der Waals surface area contributed by atoms with Gasteiger partial charge in [0.15, 0.2) is 0 Å². The SMILES string of the molecule is CN1CCN(CCN2CCC(OCCO)CC2)CC1. The van der Waals surface area contributed by atoms with Gasteiger partial charge in [0.1, 0.15) is 0 Å². The second kappa shape index (κ2) is 8.17. The Hall–Kier alpha value is -0.200. The molecule has 2 fully saturated rings. The lowest BCUT2D eigenvalue weighted by molar-refractivity contribution is -0.00936. The molecule has 2 aliphatic rings. The lowest BCUT2D eigenvalue weighted by Gasteiger charge is -2.36. The molecule has 0 aromatic rings. The lowest BCUT2D eigenvalue weighted by atomic mass is 10.1. The Kier molecular flexibility index (Phi) is 6.53. The predicted octanol–water partition coefficient (Wildman–Crippen LogP) is -0.293. The molecule has 5 heteroatoms. The summed E-state index contributed by atoms with van der Waals surface area (Å²) in [6, 6.07) is 0. The van der Waals surface area contributed by atoms with E-state index in [9.17, 15) is 0 Å². The maximum absolute atomic E-state index is 8.75. The van der Waals surface area contributed by atoms with Gasteiger partial charge < -0.3 is 19.6 Å². The maximum Gasteiger partial charge on any atom is 0.0701 e. The second-order valence-corrected chi connectivity index (χ2v) is 5.78. The molecule has 0 atom stereocenters. The number of hydrogen-bond acceptors (Lipinski definition) is 5. The number of likely N-dealkylation sites (N-methyl/N-ethyl adjacent to an activating group) is 1. The number of nitrogens with zero attached hydrogens (tertiary/aromatic N) is 3. The third kappa shape index (κ3) is 5.36. The van der Waals surface area contributed by atoms with Crippen LogP contribution in [0.2, 0.25) is 0 Å². The summed E-state index contributed by atoms with van der Waals surface area (Å²) < 4.78 is 5.59. The molecule has 2 aliphatic heterocycles. The molecule has 0 spiro atoms. The summed E-state index contributed by atoms with van der Waals surface area (Å²) in [5, 5.41) is 8.75. The van der Waals surface area contributed by atoms with Crippen LogP contribution in [-0.4, -0.2) is 98.5 Å². The first-order valence-electron chi connectivity index (χ1n) is 7.63. The summed E-state index contributed by atoms with van der Waals surface area (Å²) in [6.45, 7) is 10.2. The smallest absolute Gasteiger partial charge is 0.0701 e. The van der Waals surface area contributed by atoms with Crippen molar-refractivity contribution in [3.8, 4) is 0 Å². The summed E-state index contributed by atoms with van der Waals surface area (Å²) in [4.78, 5) is 7.53. The van der Waals surface area contributed by atoms with Gasteiger partial charge in [-0.3, -0.25) is 4.90 Å². The highest BCUT2D eigenvalue weighted by Gasteiger charge is 2.20. The van der Waals surface area contributed by atoms with Crippen molar-refractivity contribution in [3.63, 3.8) is 0 Å². The molecule has 5 nitrogen and oxygen atoms in total. The van der Waals surface area contributed by atoms with Gasteiger partial charge in [-0.2, -0.15) is 0 Å². The van der Waals surface area contributed by atoms with Crippen molar-refractivity contribution in [1.29, 1.82) is 0 Å². The Balaban J connectivity index is 1.55. The van der Waals surface area contributed by atoms with Crippen LogP contribution in [0.25, 0.3) is 0 Å². The van der Waals surface area contributed by atoms with Gasteiger partial charge in [-0.15, -0.1) is 0 Å². The number of piperazine rings is 1. The van der Waals surface area contributed by atoms with E-state index in [2.05, 4.69) is 21.7 Å². The van der Waals surface area contributed by atoms with E-state index < -0.39 is 0 Å². The molecular weight excluding hydrogens is 242 g/mol. The largest absolute Gasteiger partial charge is 0.394 e. The van der Waals surface area contributed by atoms with E-state index in [0.29, 0.717) is 12.7 Å². The normalized spacial score (nSPS) is 24.9. The predicted molar refractivity (Wildman–Crippen MR) is 76.4 cm³/mol. The van der Waals surface area contributed by atoms with Gasteiger partial charge in [-0.05, 0) is 19.9 Å². The summed E-state index contributed by atoms with van der Waals surface area (Å²) in [7, 11) is 2.20. The highest BCUT2D eigenvalue weighted by Crippen LogP contribution is 2.13. The van der Waals surface area contributed by atoms with Crippen LogP contribution in [-0.2, 0) is 4.74 Å². The van der Waals surface area contributed by atoms with Crippen molar-refractivity contribution in [2.45, 2.75) is 18.9 Å². The van der Waals surface area contributed by atoms with Crippen molar-refractivity contribution < 1.29 is 9.84 Å². The number of likely N-dealkylation sites (tertiary alicyclic amines) is 1. The monoisotopic (exact) mass is 271 g/mol. The summed E-state index contributed by atoms with van der Waals surface area (Å²) in [5.74, 6) is 0. The van der Waals surface area contributed by atoms with Crippen molar-refractivity contribution in [2.24, 2.45) is 0 Å². The van der Waals surface area contributed by atoms with Crippen LogP contribution in [0.15, 0.2) is 0 Å². The van der Waals surface area contributed by atoms with E-state index in [1.54, 1.807) is 0 Å². The molecule has 0 radical (unpaired) electrons. The van der Waals surface area contributed by atoms with Gasteiger partial charge in [0.25, 0.3) is 0 Å². The molecule has 0 bridgehead atoms. The Morgan fingerprint density at radius 2 is 1.53 bits per heavy atom. The zero-order valence-corrected chi connectivity index (χ0v) is 12.3. The number of rotatable bonds is 6. The first kappa shape index (κ1) is 15.2. The minimum Gasteiger partial charge on any atom is -0.394 e. The number of aliphatic hydroxyl groups excluding tert-OH is 1. The molecule has 112 valence electrons.